The highest BCUT2D eigenvalue weighted by atomic mass is 32.1. The molecule has 2 rings (SSSR count). The molecule has 1 saturated heterocycles. The second kappa shape index (κ2) is 7.32. The van der Waals surface area contributed by atoms with Crippen LogP contribution in [0.4, 0.5) is 0 Å². The smallest absolute Gasteiger partial charge is 0.227 e. The highest BCUT2D eigenvalue weighted by molar-refractivity contribution is 7.10. The number of nitrogens with zero attached hydrogens (tertiary/aromatic N) is 1. The van der Waals surface area contributed by atoms with Crippen molar-refractivity contribution >= 4 is 17.2 Å². The van der Waals surface area contributed by atoms with E-state index in [1.165, 1.54) is 0 Å². The van der Waals surface area contributed by atoms with Gasteiger partial charge in [-0.2, -0.15) is 0 Å². The van der Waals surface area contributed by atoms with Crippen molar-refractivity contribution in [1.29, 1.82) is 0 Å². The van der Waals surface area contributed by atoms with Gasteiger partial charge in [0.2, 0.25) is 5.91 Å². The number of amides is 1. The molecule has 0 radical (unpaired) electrons. The van der Waals surface area contributed by atoms with Crippen molar-refractivity contribution < 1.29 is 9.53 Å². The minimum absolute atomic E-state index is 0.241. The molecule has 1 amide bonds. The van der Waals surface area contributed by atoms with Crippen LogP contribution in [0.3, 0.4) is 0 Å². The van der Waals surface area contributed by atoms with Crippen LogP contribution >= 0.6 is 11.3 Å². The van der Waals surface area contributed by atoms with E-state index >= 15 is 0 Å². The van der Waals surface area contributed by atoms with Crippen molar-refractivity contribution in [3.05, 3.63) is 22.4 Å². The fourth-order valence-corrected chi connectivity index (χ4v) is 3.00. The number of rotatable bonds is 5. The number of carbonyl (C=O) groups is 1. The average Bonchev–Trinajstić information content (AvgIpc) is 2.93. The number of hydrogen-bond acceptors (Lipinski definition) is 3. The number of likely N-dealkylation sites (tertiary alicyclic amines) is 1. The lowest BCUT2D eigenvalue weighted by atomic mass is 9.97. The van der Waals surface area contributed by atoms with Crippen molar-refractivity contribution in [2.75, 3.05) is 26.3 Å². The standard InChI is InChI=1S/C15H19NO2S/c1-2-9-18-12-13-5-7-16(8-6-13)15(17)11-14-4-3-10-19-14/h1,3-4,10,13H,5-9,11-12H2. The van der Waals surface area contributed by atoms with Gasteiger partial charge in [-0.3, -0.25) is 4.79 Å². The molecule has 102 valence electrons. The predicted octanol–water partition coefficient (Wildman–Crippen LogP) is 2.18. The van der Waals surface area contributed by atoms with Crippen LogP contribution < -0.4 is 0 Å². The highest BCUT2D eigenvalue weighted by Gasteiger charge is 2.22. The maximum Gasteiger partial charge on any atom is 0.227 e. The Morgan fingerprint density at radius 1 is 1.53 bits per heavy atom. The van der Waals surface area contributed by atoms with Crippen LogP contribution in [0.5, 0.6) is 0 Å². The topological polar surface area (TPSA) is 29.5 Å². The number of piperidine rings is 1. The second-order valence-corrected chi connectivity index (χ2v) is 5.83. The molecule has 0 spiro atoms. The highest BCUT2D eigenvalue weighted by Crippen LogP contribution is 2.19. The van der Waals surface area contributed by atoms with Crippen LogP contribution in [0.1, 0.15) is 17.7 Å². The summed E-state index contributed by atoms with van der Waals surface area (Å²) >= 11 is 1.64. The molecular formula is C15H19NO2S. The van der Waals surface area contributed by atoms with Gasteiger partial charge in [-0.05, 0) is 30.2 Å². The first-order valence-electron chi connectivity index (χ1n) is 6.61. The van der Waals surface area contributed by atoms with Crippen LogP contribution in [0.2, 0.25) is 0 Å². The maximum atomic E-state index is 12.1. The van der Waals surface area contributed by atoms with Crippen molar-refractivity contribution in [1.82, 2.24) is 4.90 Å². The molecule has 0 saturated carbocycles. The van der Waals surface area contributed by atoms with Crippen molar-refractivity contribution in [2.24, 2.45) is 5.92 Å². The van der Waals surface area contributed by atoms with Gasteiger partial charge in [-0.25, -0.2) is 0 Å². The predicted molar refractivity (Wildman–Crippen MR) is 77.0 cm³/mol. The lowest BCUT2D eigenvalue weighted by Gasteiger charge is -2.31. The van der Waals surface area contributed by atoms with Gasteiger partial charge in [0.15, 0.2) is 0 Å². The van der Waals surface area contributed by atoms with E-state index in [2.05, 4.69) is 5.92 Å². The van der Waals surface area contributed by atoms with Gasteiger partial charge in [-0.15, -0.1) is 17.8 Å². The zero-order valence-electron chi connectivity index (χ0n) is 11.0. The van der Waals surface area contributed by atoms with E-state index in [0.717, 1.165) is 37.4 Å². The van der Waals surface area contributed by atoms with Crippen LogP contribution in [0.25, 0.3) is 0 Å². The Morgan fingerprint density at radius 3 is 2.95 bits per heavy atom. The van der Waals surface area contributed by atoms with Gasteiger partial charge in [0.05, 0.1) is 13.0 Å². The monoisotopic (exact) mass is 277 g/mol. The van der Waals surface area contributed by atoms with E-state index < -0.39 is 0 Å². The summed E-state index contributed by atoms with van der Waals surface area (Å²) in [6.07, 6.45) is 7.71. The number of hydrogen-bond donors (Lipinski definition) is 0. The fourth-order valence-electron chi connectivity index (χ4n) is 2.31. The zero-order chi connectivity index (χ0) is 13.5. The van der Waals surface area contributed by atoms with Crippen LogP contribution in [-0.2, 0) is 16.0 Å². The zero-order valence-corrected chi connectivity index (χ0v) is 11.8. The molecule has 1 aliphatic rings. The first-order valence-corrected chi connectivity index (χ1v) is 7.49. The molecule has 4 heteroatoms. The number of carbonyl (C=O) groups excluding carboxylic acids is 1. The van der Waals surface area contributed by atoms with Crippen molar-refractivity contribution in [3.8, 4) is 12.3 Å². The first-order chi connectivity index (χ1) is 9.29. The van der Waals surface area contributed by atoms with Crippen LogP contribution in [0.15, 0.2) is 17.5 Å². The third-order valence-electron chi connectivity index (χ3n) is 3.41. The normalized spacial score (nSPS) is 16.3. The van der Waals surface area contributed by atoms with E-state index in [0.29, 0.717) is 18.9 Å². The first kappa shape index (κ1) is 14.1. The minimum Gasteiger partial charge on any atom is -0.369 e. The quantitative estimate of drug-likeness (QED) is 0.610. The van der Waals surface area contributed by atoms with Crippen LogP contribution in [-0.4, -0.2) is 37.1 Å². The summed E-state index contributed by atoms with van der Waals surface area (Å²) in [5.41, 5.74) is 0. The SMILES string of the molecule is C#CCOCC1CCN(C(=O)Cc2cccs2)CC1. The Labute approximate surface area is 118 Å². The molecule has 1 aromatic heterocycles. The summed E-state index contributed by atoms with van der Waals surface area (Å²) in [4.78, 5) is 15.2. The molecule has 0 unspecified atom stereocenters. The molecule has 0 atom stereocenters. The summed E-state index contributed by atoms with van der Waals surface area (Å²) in [6, 6.07) is 4.01. The fraction of sp³-hybridized carbons (Fsp3) is 0.533. The van der Waals surface area contributed by atoms with Gasteiger partial charge in [0.25, 0.3) is 0 Å². The summed E-state index contributed by atoms with van der Waals surface area (Å²) in [7, 11) is 0. The molecule has 1 aliphatic heterocycles. The second-order valence-electron chi connectivity index (χ2n) is 4.80. The largest absolute Gasteiger partial charge is 0.369 e. The van der Waals surface area contributed by atoms with E-state index in [4.69, 9.17) is 11.2 Å². The molecule has 3 nitrogen and oxygen atoms in total. The number of terminal acetylenes is 1. The van der Waals surface area contributed by atoms with Gasteiger partial charge in [0, 0.05) is 18.0 Å². The van der Waals surface area contributed by atoms with Gasteiger partial charge >= 0.3 is 0 Å². The summed E-state index contributed by atoms with van der Waals surface area (Å²) in [6.45, 7) is 2.79. The Kier molecular flexibility index (Phi) is 5.44. The Morgan fingerprint density at radius 2 is 2.32 bits per heavy atom. The van der Waals surface area contributed by atoms with E-state index in [9.17, 15) is 4.79 Å². The molecule has 0 aromatic carbocycles. The van der Waals surface area contributed by atoms with E-state index in [1.54, 1.807) is 11.3 Å². The molecule has 0 N–H and O–H groups in total. The Balaban J connectivity index is 1.71. The molecule has 1 aromatic rings. The minimum atomic E-state index is 0.241. The maximum absolute atomic E-state index is 12.1. The average molecular weight is 277 g/mol. The Bertz CT molecular complexity index is 427. The third-order valence-corrected chi connectivity index (χ3v) is 4.29. The molecule has 2 heterocycles. The van der Waals surface area contributed by atoms with E-state index in [-0.39, 0.29) is 5.91 Å². The molecule has 19 heavy (non-hydrogen) atoms. The lowest BCUT2D eigenvalue weighted by molar-refractivity contribution is -0.132. The number of ether oxygens (including phenoxy) is 1. The summed E-state index contributed by atoms with van der Waals surface area (Å²) < 4.78 is 5.37. The molecule has 0 aliphatic carbocycles. The van der Waals surface area contributed by atoms with E-state index in [1.807, 2.05) is 22.4 Å². The molecule has 0 bridgehead atoms. The molecular weight excluding hydrogens is 258 g/mol. The van der Waals surface area contributed by atoms with Gasteiger partial charge in [-0.1, -0.05) is 12.0 Å². The lowest BCUT2D eigenvalue weighted by Crippen LogP contribution is -2.40. The van der Waals surface area contributed by atoms with Crippen LogP contribution in [0, 0.1) is 18.3 Å². The van der Waals surface area contributed by atoms with Gasteiger partial charge in [0.1, 0.15) is 6.61 Å². The third kappa shape index (κ3) is 4.38. The molecule has 1 fully saturated rings. The van der Waals surface area contributed by atoms with Crippen molar-refractivity contribution in [3.63, 3.8) is 0 Å². The Hall–Kier alpha value is -1.31. The summed E-state index contributed by atoms with van der Waals surface area (Å²) in [5.74, 6) is 3.26. The summed E-state index contributed by atoms with van der Waals surface area (Å²) in [5, 5.41) is 2.01. The van der Waals surface area contributed by atoms with Gasteiger partial charge < -0.3 is 9.64 Å². The number of thiophene rings is 1. The van der Waals surface area contributed by atoms with Crippen molar-refractivity contribution in [2.45, 2.75) is 19.3 Å².